The summed E-state index contributed by atoms with van der Waals surface area (Å²) in [6.07, 6.45) is 0. The first kappa shape index (κ1) is 13.7. The second-order valence-corrected chi connectivity index (χ2v) is 6.42. The van der Waals surface area contributed by atoms with E-state index in [0.29, 0.717) is 5.92 Å². The van der Waals surface area contributed by atoms with Gasteiger partial charge in [-0.3, -0.25) is 0 Å². The highest BCUT2D eigenvalue weighted by molar-refractivity contribution is 9.10. The number of hydrogen-bond acceptors (Lipinski definition) is 3. The maximum atomic E-state index is 9.43. The van der Waals surface area contributed by atoms with E-state index < -0.39 is 0 Å². The molecule has 1 atom stereocenters. The van der Waals surface area contributed by atoms with Gasteiger partial charge in [0.05, 0.1) is 17.3 Å². The van der Waals surface area contributed by atoms with E-state index in [1.54, 1.807) is 11.3 Å². The van der Waals surface area contributed by atoms with Gasteiger partial charge in [0.15, 0.2) is 0 Å². The third kappa shape index (κ3) is 2.99. The third-order valence-electron chi connectivity index (χ3n) is 2.98. The van der Waals surface area contributed by atoms with Gasteiger partial charge in [-0.05, 0) is 18.1 Å². The van der Waals surface area contributed by atoms with Crippen LogP contribution < -0.4 is 0 Å². The van der Waals surface area contributed by atoms with Gasteiger partial charge in [-0.2, -0.15) is 0 Å². The number of benzene rings is 1. The summed E-state index contributed by atoms with van der Waals surface area (Å²) in [6.45, 7) is 4.38. The minimum absolute atomic E-state index is 0.138. The van der Waals surface area contributed by atoms with Crippen molar-refractivity contribution in [3.05, 3.63) is 39.1 Å². The lowest BCUT2D eigenvalue weighted by atomic mass is 9.98. The molecule has 1 aromatic heterocycles. The lowest BCUT2D eigenvalue weighted by molar-refractivity contribution is 0.237. The summed E-state index contributed by atoms with van der Waals surface area (Å²) in [5.74, 6) is 0.540. The fourth-order valence-corrected chi connectivity index (χ4v) is 3.14. The van der Waals surface area contributed by atoms with Crippen LogP contribution in [0.4, 0.5) is 0 Å². The molecule has 18 heavy (non-hydrogen) atoms. The molecule has 0 saturated heterocycles. The maximum absolute atomic E-state index is 9.43. The smallest absolute Gasteiger partial charge is 0.0989 e. The van der Waals surface area contributed by atoms with Crippen LogP contribution in [0.25, 0.3) is 11.3 Å². The lowest BCUT2D eigenvalue weighted by Gasteiger charge is -2.14. The molecule has 0 saturated carbocycles. The van der Waals surface area contributed by atoms with Crippen LogP contribution in [0.2, 0.25) is 0 Å². The molecule has 1 heterocycles. The second kappa shape index (κ2) is 5.95. The first-order valence-electron chi connectivity index (χ1n) is 5.94. The zero-order chi connectivity index (χ0) is 13.1. The Bertz CT molecular complexity index is 507. The van der Waals surface area contributed by atoms with E-state index in [-0.39, 0.29) is 12.5 Å². The molecule has 0 aliphatic heterocycles. The maximum Gasteiger partial charge on any atom is 0.0989 e. The molecule has 4 heteroatoms. The number of halogens is 1. The Balaban J connectivity index is 2.27. The molecule has 0 fully saturated rings. The largest absolute Gasteiger partial charge is 0.396 e. The number of aliphatic hydroxyl groups is 1. The highest BCUT2D eigenvalue weighted by Crippen LogP contribution is 2.30. The molecule has 2 aromatic rings. The van der Waals surface area contributed by atoms with Crippen LogP contribution in [0, 0.1) is 5.92 Å². The van der Waals surface area contributed by atoms with E-state index >= 15 is 0 Å². The van der Waals surface area contributed by atoms with E-state index in [4.69, 9.17) is 0 Å². The molecule has 2 rings (SSSR count). The van der Waals surface area contributed by atoms with E-state index in [0.717, 1.165) is 20.7 Å². The Labute approximate surface area is 120 Å². The van der Waals surface area contributed by atoms with Crippen molar-refractivity contribution in [2.24, 2.45) is 5.92 Å². The predicted molar refractivity (Wildman–Crippen MR) is 79.9 cm³/mol. The first-order valence-corrected chi connectivity index (χ1v) is 7.61. The van der Waals surface area contributed by atoms with Crippen molar-refractivity contribution in [1.82, 2.24) is 4.98 Å². The average Bonchev–Trinajstić information content (AvgIpc) is 2.80. The quantitative estimate of drug-likeness (QED) is 0.908. The minimum atomic E-state index is 0.138. The van der Waals surface area contributed by atoms with Crippen molar-refractivity contribution in [2.75, 3.05) is 6.61 Å². The van der Waals surface area contributed by atoms with Crippen molar-refractivity contribution in [3.63, 3.8) is 0 Å². The minimum Gasteiger partial charge on any atom is -0.396 e. The van der Waals surface area contributed by atoms with Crippen LogP contribution in [-0.4, -0.2) is 16.7 Å². The molecule has 0 aliphatic carbocycles. The normalized spacial score (nSPS) is 12.9. The van der Waals surface area contributed by atoms with Crippen molar-refractivity contribution in [3.8, 4) is 11.3 Å². The van der Waals surface area contributed by atoms with Crippen LogP contribution in [0.1, 0.15) is 24.8 Å². The van der Waals surface area contributed by atoms with Crippen molar-refractivity contribution >= 4 is 27.3 Å². The molecular formula is C14H16BrNOS. The van der Waals surface area contributed by atoms with Crippen molar-refractivity contribution in [1.29, 1.82) is 0 Å². The molecule has 1 unspecified atom stereocenters. The molecule has 2 nitrogen and oxygen atoms in total. The molecular weight excluding hydrogens is 310 g/mol. The Morgan fingerprint density at radius 3 is 2.50 bits per heavy atom. The number of hydrogen-bond donors (Lipinski definition) is 1. The molecule has 1 N–H and O–H groups in total. The van der Waals surface area contributed by atoms with Gasteiger partial charge in [0.2, 0.25) is 0 Å². The highest BCUT2D eigenvalue weighted by Gasteiger charge is 2.18. The average molecular weight is 326 g/mol. The van der Waals surface area contributed by atoms with Crippen LogP contribution in [0.5, 0.6) is 0 Å². The Hall–Kier alpha value is -0.710. The molecule has 0 amide bonds. The van der Waals surface area contributed by atoms with Crippen molar-refractivity contribution in [2.45, 2.75) is 19.8 Å². The fourth-order valence-electron chi connectivity index (χ4n) is 1.79. The summed E-state index contributed by atoms with van der Waals surface area (Å²) >= 11 is 5.05. The predicted octanol–water partition coefficient (Wildman–Crippen LogP) is 4.30. The van der Waals surface area contributed by atoms with Gasteiger partial charge < -0.3 is 5.11 Å². The number of aliphatic hydroxyl groups excluding tert-OH is 1. The van der Waals surface area contributed by atoms with Crippen LogP contribution in [-0.2, 0) is 0 Å². The number of thiazole rings is 1. The lowest BCUT2D eigenvalue weighted by Crippen LogP contribution is -2.10. The van der Waals surface area contributed by atoms with Gasteiger partial charge in [-0.1, -0.05) is 41.9 Å². The number of rotatable bonds is 4. The molecule has 1 aromatic carbocycles. The molecule has 0 aliphatic rings. The zero-order valence-corrected chi connectivity index (χ0v) is 12.8. The molecule has 0 spiro atoms. The summed E-state index contributed by atoms with van der Waals surface area (Å²) in [5.41, 5.74) is 2.10. The first-order chi connectivity index (χ1) is 8.61. The van der Waals surface area contributed by atoms with E-state index in [1.165, 1.54) is 0 Å². The van der Waals surface area contributed by atoms with Crippen molar-refractivity contribution < 1.29 is 5.11 Å². The van der Waals surface area contributed by atoms with E-state index in [2.05, 4.69) is 40.1 Å². The van der Waals surface area contributed by atoms with E-state index in [9.17, 15) is 5.11 Å². The zero-order valence-electron chi connectivity index (χ0n) is 10.4. The summed E-state index contributed by atoms with van der Waals surface area (Å²) in [6, 6.07) is 8.12. The molecule has 0 bridgehead atoms. The van der Waals surface area contributed by atoms with Crippen LogP contribution in [0.3, 0.4) is 0 Å². The number of aromatic nitrogens is 1. The third-order valence-corrected chi connectivity index (χ3v) is 4.49. The van der Waals surface area contributed by atoms with Gasteiger partial charge in [0.1, 0.15) is 0 Å². The summed E-state index contributed by atoms with van der Waals surface area (Å²) in [4.78, 5) is 4.65. The van der Waals surface area contributed by atoms with Gasteiger partial charge in [0.25, 0.3) is 0 Å². The SMILES string of the molecule is CC(C)C(CO)c1nc(-c2ccc(Br)cc2)cs1. The number of nitrogens with zero attached hydrogens (tertiary/aromatic N) is 1. The Morgan fingerprint density at radius 1 is 1.28 bits per heavy atom. The fraction of sp³-hybridized carbons (Fsp3) is 0.357. The molecule has 96 valence electrons. The van der Waals surface area contributed by atoms with Gasteiger partial charge in [-0.25, -0.2) is 4.98 Å². The Kier molecular flexibility index (Phi) is 4.54. The summed E-state index contributed by atoms with van der Waals surface area (Å²) in [7, 11) is 0. The van der Waals surface area contributed by atoms with Gasteiger partial charge in [0, 0.05) is 21.3 Å². The Morgan fingerprint density at radius 2 is 1.94 bits per heavy atom. The van der Waals surface area contributed by atoms with E-state index in [1.807, 2.05) is 24.3 Å². The summed E-state index contributed by atoms with van der Waals surface area (Å²) < 4.78 is 1.07. The molecule has 0 radical (unpaired) electrons. The standard InChI is InChI=1S/C14H16BrNOS/c1-9(2)12(7-17)14-16-13(8-18-14)10-3-5-11(15)6-4-10/h3-6,8-9,12,17H,7H2,1-2H3. The van der Waals surface area contributed by atoms with Gasteiger partial charge in [-0.15, -0.1) is 11.3 Å². The topological polar surface area (TPSA) is 33.1 Å². The van der Waals surface area contributed by atoms with Gasteiger partial charge >= 0.3 is 0 Å². The monoisotopic (exact) mass is 325 g/mol. The highest BCUT2D eigenvalue weighted by atomic mass is 79.9. The second-order valence-electron chi connectivity index (χ2n) is 4.61. The van der Waals surface area contributed by atoms with Crippen LogP contribution >= 0.6 is 27.3 Å². The van der Waals surface area contributed by atoms with Crippen LogP contribution in [0.15, 0.2) is 34.1 Å². The summed E-state index contributed by atoms with van der Waals surface area (Å²) in [5, 5.41) is 12.5.